The monoisotopic (exact) mass is 310 g/mol. The van der Waals surface area contributed by atoms with E-state index in [1.165, 1.54) is 63.9 Å². The summed E-state index contributed by atoms with van der Waals surface area (Å²) in [6.45, 7) is 9.52. The first kappa shape index (κ1) is 16.9. The normalized spacial score (nSPS) is 14.7. The van der Waals surface area contributed by atoms with Crippen LogP contribution in [0.1, 0.15) is 64.7 Å². The number of unbranched alkanes of at least 4 members (excludes halogenated alkanes) is 8. The van der Waals surface area contributed by atoms with Gasteiger partial charge in [-0.05, 0) is 0 Å². The van der Waals surface area contributed by atoms with Gasteiger partial charge in [-0.15, -0.1) is 0 Å². The molecule has 0 rings (SSSR count). The van der Waals surface area contributed by atoms with Gasteiger partial charge in [-0.25, -0.2) is 0 Å². The van der Waals surface area contributed by atoms with Gasteiger partial charge in [0.05, 0.1) is 0 Å². The van der Waals surface area contributed by atoms with Crippen LogP contribution in [0, 0.1) is 0 Å². The molecule has 0 N–H and O–H groups in total. The van der Waals surface area contributed by atoms with Crippen molar-refractivity contribution in [2.24, 2.45) is 0 Å². The molecular formula is C14H32BrP. The second-order valence-corrected chi connectivity index (χ2v) is 20.6. The van der Waals surface area contributed by atoms with Gasteiger partial charge >= 0.3 is 112 Å². The van der Waals surface area contributed by atoms with E-state index in [0.717, 1.165) is 0 Å². The molecule has 0 aromatic carbocycles. The average Bonchev–Trinajstić information content (AvgIpc) is 2.12. The van der Waals surface area contributed by atoms with Crippen molar-refractivity contribution < 1.29 is 0 Å². The predicted octanol–water partition coefficient (Wildman–Crippen LogP) is 6.27. The van der Waals surface area contributed by atoms with E-state index in [2.05, 4.69) is 42.4 Å². The van der Waals surface area contributed by atoms with Crippen LogP contribution >= 0.6 is 20.8 Å². The van der Waals surface area contributed by atoms with Gasteiger partial charge in [0, 0.05) is 0 Å². The van der Waals surface area contributed by atoms with E-state index in [-0.39, 0.29) is 0 Å². The van der Waals surface area contributed by atoms with E-state index < -0.39 is 5.31 Å². The van der Waals surface area contributed by atoms with Gasteiger partial charge in [0.2, 0.25) is 0 Å². The first-order valence-electron chi connectivity index (χ1n) is 7.03. The molecule has 0 aromatic heterocycles. The molecule has 0 fully saturated rings. The molecule has 0 saturated heterocycles. The van der Waals surface area contributed by atoms with Gasteiger partial charge in [-0.3, -0.25) is 0 Å². The Bertz CT molecular complexity index is 160. The van der Waals surface area contributed by atoms with E-state index in [1.807, 2.05) is 0 Å². The summed E-state index contributed by atoms with van der Waals surface area (Å²) in [6.07, 6.45) is 14.3. The number of hydrogen-bond acceptors (Lipinski definition) is 0. The van der Waals surface area contributed by atoms with E-state index in [0.29, 0.717) is 0 Å². The number of rotatable bonds is 10. The molecule has 2 heteroatoms. The Morgan fingerprint density at radius 2 is 1.06 bits per heavy atom. The standard InChI is InChI=1S/C14H32BrP/c1-5-6-7-8-9-10-11-12-13-14-16(2,3,4)15/h5-14H2,1-4H3. The third-order valence-corrected chi connectivity index (χ3v) is 5.91. The zero-order valence-electron chi connectivity index (χ0n) is 11.9. The fraction of sp³-hybridized carbons (Fsp3) is 1.00. The molecule has 0 heterocycles. The summed E-state index contributed by atoms with van der Waals surface area (Å²) in [5, 5.41) is -1.39. The molecule has 0 aliphatic heterocycles. The predicted molar refractivity (Wildman–Crippen MR) is 85.7 cm³/mol. The molecule has 100 valence electrons. The molecule has 0 nitrogen and oxygen atoms in total. The molecule has 0 bridgehead atoms. The van der Waals surface area contributed by atoms with Crippen molar-refractivity contribution in [2.75, 3.05) is 26.2 Å². The SMILES string of the molecule is CCCCCCCCCCCP(C)(C)(C)Br. The molecule has 0 amide bonds. The quantitative estimate of drug-likeness (QED) is 0.329. The molecule has 0 aliphatic rings. The zero-order valence-corrected chi connectivity index (χ0v) is 14.4. The van der Waals surface area contributed by atoms with Crippen LogP contribution in [0.25, 0.3) is 0 Å². The van der Waals surface area contributed by atoms with E-state index in [9.17, 15) is 0 Å². The van der Waals surface area contributed by atoms with Crippen LogP contribution in [0.4, 0.5) is 0 Å². The maximum absolute atomic E-state index is 3.92. The van der Waals surface area contributed by atoms with Gasteiger partial charge in [0.1, 0.15) is 0 Å². The van der Waals surface area contributed by atoms with Crippen LogP contribution in [0.2, 0.25) is 0 Å². The third-order valence-electron chi connectivity index (χ3n) is 3.02. The Morgan fingerprint density at radius 1 is 0.688 bits per heavy atom. The molecule has 16 heavy (non-hydrogen) atoms. The van der Waals surface area contributed by atoms with Crippen molar-refractivity contribution in [1.82, 2.24) is 0 Å². The minimum atomic E-state index is -1.39. The van der Waals surface area contributed by atoms with Crippen LogP contribution < -0.4 is 0 Å². The van der Waals surface area contributed by atoms with Crippen molar-refractivity contribution in [2.45, 2.75) is 64.7 Å². The molecule has 0 aliphatic carbocycles. The van der Waals surface area contributed by atoms with Crippen LogP contribution in [0.5, 0.6) is 0 Å². The molecule has 0 aromatic rings. The van der Waals surface area contributed by atoms with Gasteiger partial charge in [0.15, 0.2) is 0 Å². The summed E-state index contributed by atoms with van der Waals surface area (Å²) in [6, 6.07) is 0. The minimum absolute atomic E-state index is 1.36. The third kappa shape index (κ3) is 14.9. The van der Waals surface area contributed by atoms with Crippen molar-refractivity contribution in [1.29, 1.82) is 0 Å². The number of halogens is 1. The van der Waals surface area contributed by atoms with E-state index in [1.54, 1.807) is 0 Å². The Labute approximate surface area is 112 Å². The van der Waals surface area contributed by atoms with Crippen LogP contribution in [-0.2, 0) is 0 Å². The Morgan fingerprint density at radius 3 is 1.44 bits per heavy atom. The Kier molecular flexibility index (Phi) is 8.55. The summed E-state index contributed by atoms with van der Waals surface area (Å²) in [7, 11) is 0. The summed E-state index contributed by atoms with van der Waals surface area (Å²) in [5.41, 5.74) is 0. The maximum atomic E-state index is 3.92. The molecule has 0 spiro atoms. The molecular weight excluding hydrogens is 279 g/mol. The van der Waals surface area contributed by atoms with Crippen LogP contribution in [-0.4, -0.2) is 26.2 Å². The first-order chi connectivity index (χ1) is 7.31. The van der Waals surface area contributed by atoms with Gasteiger partial charge in [-0.2, -0.15) is 0 Å². The van der Waals surface area contributed by atoms with Crippen molar-refractivity contribution in [3.63, 3.8) is 0 Å². The van der Waals surface area contributed by atoms with Gasteiger partial charge < -0.3 is 0 Å². The van der Waals surface area contributed by atoms with E-state index >= 15 is 0 Å². The summed E-state index contributed by atoms with van der Waals surface area (Å²) in [4.78, 5) is 0. The topological polar surface area (TPSA) is 0 Å². The first-order valence-corrected chi connectivity index (χ1v) is 12.8. The number of hydrogen-bond donors (Lipinski definition) is 0. The molecule has 0 unspecified atom stereocenters. The van der Waals surface area contributed by atoms with Gasteiger partial charge in [0.25, 0.3) is 0 Å². The molecule has 0 radical (unpaired) electrons. The Hall–Kier alpha value is 0.910. The second kappa shape index (κ2) is 8.09. The average molecular weight is 311 g/mol. The van der Waals surface area contributed by atoms with Crippen LogP contribution in [0.3, 0.4) is 0 Å². The second-order valence-electron chi connectivity index (χ2n) is 6.47. The summed E-state index contributed by atoms with van der Waals surface area (Å²) >= 11 is 3.92. The summed E-state index contributed by atoms with van der Waals surface area (Å²) < 4.78 is 0. The fourth-order valence-corrected chi connectivity index (χ4v) is 4.00. The summed E-state index contributed by atoms with van der Waals surface area (Å²) in [5.74, 6) is 0. The fourth-order valence-electron chi connectivity index (χ4n) is 1.96. The van der Waals surface area contributed by atoms with Gasteiger partial charge in [-0.1, -0.05) is 0 Å². The molecule has 0 saturated carbocycles. The Balaban J connectivity index is 3.17. The molecule has 0 atom stereocenters. The van der Waals surface area contributed by atoms with E-state index in [4.69, 9.17) is 0 Å². The van der Waals surface area contributed by atoms with Crippen molar-refractivity contribution in [3.8, 4) is 0 Å². The zero-order chi connectivity index (χ0) is 12.5. The van der Waals surface area contributed by atoms with Crippen molar-refractivity contribution >= 4 is 20.8 Å². The van der Waals surface area contributed by atoms with Crippen LogP contribution in [0.15, 0.2) is 0 Å². The van der Waals surface area contributed by atoms with Crippen molar-refractivity contribution in [3.05, 3.63) is 0 Å².